The topological polar surface area (TPSA) is 45.2 Å². The molecule has 1 N–H and O–H groups in total. The predicted octanol–water partition coefficient (Wildman–Crippen LogP) is 3.73. The van der Waals surface area contributed by atoms with E-state index in [4.69, 9.17) is 0 Å². The fraction of sp³-hybridized carbons (Fsp3) is 0.294. The van der Waals surface area contributed by atoms with Gasteiger partial charge >= 0.3 is 6.03 Å². The molecule has 4 nitrogen and oxygen atoms in total. The summed E-state index contributed by atoms with van der Waals surface area (Å²) in [5, 5.41) is 2.78. The lowest BCUT2D eigenvalue weighted by Crippen LogP contribution is -2.36. The van der Waals surface area contributed by atoms with E-state index in [1.54, 1.807) is 36.4 Å². The molecule has 3 rings (SSSR count). The van der Waals surface area contributed by atoms with Gasteiger partial charge in [-0.15, -0.1) is 0 Å². The number of hydrogen-bond acceptors (Lipinski definition) is 2. The third-order valence-electron chi connectivity index (χ3n) is 3.77. The minimum absolute atomic E-state index is 0.192. The zero-order valence-electron chi connectivity index (χ0n) is 12.4. The fourth-order valence-corrected chi connectivity index (χ4v) is 2.30. The van der Waals surface area contributed by atoms with Gasteiger partial charge in [0.05, 0.1) is 0 Å². The Morgan fingerprint density at radius 1 is 1.32 bits per heavy atom. The maximum Gasteiger partial charge on any atom is 0.322 e. The summed E-state index contributed by atoms with van der Waals surface area (Å²) in [6, 6.07) is 8.60. The van der Waals surface area contributed by atoms with Gasteiger partial charge in [0.25, 0.3) is 0 Å². The number of benzene rings is 1. The predicted molar refractivity (Wildman–Crippen MR) is 83.0 cm³/mol. The van der Waals surface area contributed by atoms with Gasteiger partial charge in [0.2, 0.25) is 0 Å². The molecule has 5 heteroatoms. The lowest BCUT2D eigenvalue weighted by molar-refractivity contribution is 0.206. The highest BCUT2D eigenvalue weighted by Crippen LogP contribution is 2.29. The van der Waals surface area contributed by atoms with E-state index in [2.05, 4.69) is 10.3 Å². The van der Waals surface area contributed by atoms with E-state index in [0.29, 0.717) is 17.8 Å². The highest BCUT2D eigenvalue weighted by Gasteiger charge is 2.32. The van der Waals surface area contributed by atoms with Gasteiger partial charge in [-0.1, -0.05) is 6.07 Å². The molecule has 0 spiro atoms. The van der Waals surface area contributed by atoms with Crippen LogP contribution >= 0.6 is 0 Å². The summed E-state index contributed by atoms with van der Waals surface area (Å²) in [5.74, 6) is -0.315. The maximum atomic E-state index is 13.6. The molecule has 2 aromatic rings. The molecule has 1 aliphatic carbocycles. The molecule has 1 saturated carbocycles. The van der Waals surface area contributed by atoms with E-state index in [0.717, 1.165) is 18.4 Å². The molecule has 0 unspecified atom stereocenters. The molecule has 0 saturated heterocycles. The van der Waals surface area contributed by atoms with Crippen molar-refractivity contribution in [3.8, 4) is 0 Å². The Labute approximate surface area is 129 Å². The van der Waals surface area contributed by atoms with Gasteiger partial charge < -0.3 is 10.2 Å². The summed E-state index contributed by atoms with van der Waals surface area (Å²) in [6.07, 6.45) is 5.46. The number of aromatic nitrogens is 1. The van der Waals surface area contributed by atoms with Crippen molar-refractivity contribution in [1.82, 2.24) is 9.88 Å². The van der Waals surface area contributed by atoms with Crippen molar-refractivity contribution in [3.05, 3.63) is 59.7 Å². The number of halogens is 1. The van der Waals surface area contributed by atoms with Crippen molar-refractivity contribution in [2.75, 3.05) is 5.32 Å². The number of aryl methyl sites for hydroxylation is 1. The SMILES string of the molecule is Cc1ccc(NC(=O)N(Cc2ccncc2)C2CC2)cc1F. The van der Waals surface area contributed by atoms with Crippen molar-refractivity contribution >= 4 is 11.7 Å². The molecule has 0 atom stereocenters. The molecule has 1 aromatic heterocycles. The summed E-state index contributed by atoms with van der Waals surface area (Å²) < 4.78 is 13.6. The number of hydrogen-bond donors (Lipinski definition) is 1. The molecule has 22 heavy (non-hydrogen) atoms. The first-order valence-electron chi connectivity index (χ1n) is 7.36. The first-order chi connectivity index (χ1) is 10.6. The lowest BCUT2D eigenvalue weighted by Gasteiger charge is -2.23. The number of urea groups is 1. The Balaban J connectivity index is 1.71. The van der Waals surface area contributed by atoms with Crippen molar-refractivity contribution in [2.24, 2.45) is 0 Å². The van der Waals surface area contributed by atoms with Gasteiger partial charge in [-0.3, -0.25) is 4.98 Å². The number of carbonyl (C=O) groups excluding carboxylic acids is 1. The van der Waals surface area contributed by atoms with Crippen LogP contribution in [0.25, 0.3) is 0 Å². The van der Waals surface area contributed by atoms with Crippen LogP contribution < -0.4 is 5.32 Å². The lowest BCUT2D eigenvalue weighted by atomic mass is 10.2. The Hall–Kier alpha value is -2.43. The third kappa shape index (κ3) is 3.42. The van der Waals surface area contributed by atoms with Crippen LogP contribution in [-0.4, -0.2) is 22.0 Å². The molecule has 114 valence electrons. The second kappa shape index (κ2) is 6.13. The van der Waals surface area contributed by atoms with Crippen molar-refractivity contribution in [1.29, 1.82) is 0 Å². The fourth-order valence-electron chi connectivity index (χ4n) is 2.30. The first kappa shape index (κ1) is 14.5. The van der Waals surface area contributed by atoms with Gasteiger partial charge in [-0.25, -0.2) is 9.18 Å². The highest BCUT2D eigenvalue weighted by atomic mass is 19.1. The number of carbonyl (C=O) groups is 1. The third-order valence-corrected chi connectivity index (χ3v) is 3.77. The summed E-state index contributed by atoms with van der Waals surface area (Å²) in [7, 11) is 0. The van der Waals surface area contributed by atoms with Crippen LogP contribution in [0.2, 0.25) is 0 Å². The Kier molecular flexibility index (Phi) is 4.04. The number of anilines is 1. The molecule has 1 fully saturated rings. The molecular weight excluding hydrogens is 281 g/mol. The summed E-state index contributed by atoms with van der Waals surface area (Å²) in [5.41, 5.74) is 2.08. The van der Waals surface area contributed by atoms with Gasteiger partial charge in [0, 0.05) is 30.7 Å². The van der Waals surface area contributed by atoms with Crippen LogP contribution in [0.1, 0.15) is 24.0 Å². The second-order valence-electron chi connectivity index (χ2n) is 5.61. The zero-order valence-corrected chi connectivity index (χ0v) is 12.4. The van der Waals surface area contributed by atoms with E-state index in [-0.39, 0.29) is 17.9 Å². The summed E-state index contributed by atoms with van der Waals surface area (Å²) in [6.45, 7) is 2.23. The van der Waals surface area contributed by atoms with E-state index >= 15 is 0 Å². The average Bonchev–Trinajstić information content (AvgIpc) is 3.34. The van der Waals surface area contributed by atoms with Crippen LogP contribution in [0, 0.1) is 12.7 Å². The average molecular weight is 299 g/mol. The quantitative estimate of drug-likeness (QED) is 0.935. The first-order valence-corrected chi connectivity index (χ1v) is 7.36. The minimum atomic E-state index is -0.315. The van der Waals surface area contributed by atoms with Crippen LogP contribution in [0.5, 0.6) is 0 Å². The summed E-state index contributed by atoms with van der Waals surface area (Å²) in [4.78, 5) is 18.3. The second-order valence-corrected chi connectivity index (χ2v) is 5.61. The summed E-state index contributed by atoms with van der Waals surface area (Å²) >= 11 is 0. The largest absolute Gasteiger partial charge is 0.322 e. The highest BCUT2D eigenvalue weighted by molar-refractivity contribution is 5.89. The number of nitrogens with one attached hydrogen (secondary N) is 1. The Morgan fingerprint density at radius 3 is 2.68 bits per heavy atom. The molecule has 0 bridgehead atoms. The van der Waals surface area contributed by atoms with E-state index < -0.39 is 0 Å². The number of rotatable bonds is 4. The van der Waals surface area contributed by atoms with E-state index in [1.165, 1.54) is 6.07 Å². The molecule has 1 aliphatic rings. The molecule has 1 heterocycles. The van der Waals surface area contributed by atoms with Crippen LogP contribution in [0.3, 0.4) is 0 Å². The number of pyridine rings is 1. The van der Waals surface area contributed by atoms with E-state index in [9.17, 15) is 9.18 Å². The normalized spacial score (nSPS) is 13.7. The molecule has 0 aliphatic heterocycles. The smallest absolute Gasteiger partial charge is 0.317 e. The molecule has 0 radical (unpaired) electrons. The minimum Gasteiger partial charge on any atom is -0.317 e. The number of amides is 2. The monoisotopic (exact) mass is 299 g/mol. The van der Waals surface area contributed by atoms with Crippen LogP contribution in [0.15, 0.2) is 42.7 Å². The van der Waals surface area contributed by atoms with E-state index in [1.807, 2.05) is 12.1 Å². The van der Waals surface area contributed by atoms with Crippen molar-refractivity contribution < 1.29 is 9.18 Å². The van der Waals surface area contributed by atoms with Crippen LogP contribution in [-0.2, 0) is 6.54 Å². The standard InChI is InChI=1S/C17H18FN3O/c1-12-2-3-14(10-16(12)18)20-17(22)21(15-4-5-15)11-13-6-8-19-9-7-13/h2-3,6-10,15H,4-5,11H2,1H3,(H,20,22). The molecule has 2 amide bonds. The number of nitrogens with zero attached hydrogens (tertiary/aromatic N) is 2. The van der Waals surface area contributed by atoms with Gasteiger partial charge in [-0.05, 0) is 55.2 Å². The van der Waals surface area contributed by atoms with Gasteiger partial charge in [-0.2, -0.15) is 0 Å². The van der Waals surface area contributed by atoms with Gasteiger partial charge in [0.15, 0.2) is 0 Å². The van der Waals surface area contributed by atoms with Crippen molar-refractivity contribution in [3.63, 3.8) is 0 Å². The van der Waals surface area contributed by atoms with Crippen molar-refractivity contribution in [2.45, 2.75) is 32.4 Å². The molecule has 1 aromatic carbocycles. The Morgan fingerprint density at radius 2 is 2.05 bits per heavy atom. The van der Waals surface area contributed by atoms with Crippen LogP contribution in [0.4, 0.5) is 14.9 Å². The van der Waals surface area contributed by atoms with Gasteiger partial charge in [0.1, 0.15) is 5.82 Å². The Bertz CT molecular complexity index is 671. The zero-order chi connectivity index (χ0) is 15.5. The maximum absolute atomic E-state index is 13.6. The molecular formula is C17H18FN3O.